The molecule has 2 heterocycles. The summed E-state index contributed by atoms with van der Waals surface area (Å²) in [5, 5.41) is 8.36. The second kappa shape index (κ2) is 7.00. The third-order valence-electron chi connectivity index (χ3n) is 4.21. The van der Waals surface area contributed by atoms with Gasteiger partial charge in [0.2, 0.25) is 10.0 Å². The molecular weight excluding hydrogens is 328 g/mol. The van der Waals surface area contributed by atoms with Gasteiger partial charge in [0.15, 0.2) is 0 Å². The smallest absolute Gasteiger partial charge is 0.211 e. The first-order chi connectivity index (χ1) is 11.5. The van der Waals surface area contributed by atoms with Crippen LogP contribution in [0.4, 0.5) is 0 Å². The van der Waals surface area contributed by atoms with Gasteiger partial charge in [0.1, 0.15) is 5.69 Å². The maximum Gasteiger partial charge on any atom is 0.211 e. The molecule has 0 saturated heterocycles. The van der Waals surface area contributed by atoms with E-state index in [0.717, 1.165) is 17.8 Å². The summed E-state index contributed by atoms with van der Waals surface area (Å²) < 4.78 is 33.4. The molecule has 0 fully saturated rings. The lowest BCUT2D eigenvalue weighted by molar-refractivity contribution is 0.0722. The standard InChI is InChI=1S/C16H22N4O3S/c1-3-19-14-9-10-20(24(2,21)22)15(16(14)17-18-19)12-23-11-13-7-5-4-6-8-13/h4-8,15H,3,9-12H2,1-2H3/t15-/m0/s1. The van der Waals surface area contributed by atoms with Crippen LogP contribution in [0.1, 0.15) is 29.9 Å². The number of rotatable bonds is 6. The van der Waals surface area contributed by atoms with Crippen molar-refractivity contribution in [3.63, 3.8) is 0 Å². The zero-order chi connectivity index (χ0) is 17.2. The van der Waals surface area contributed by atoms with Crippen molar-refractivity contribution in [2.45, 2.75) is 32.5 Å². The van der Waals surface area contributed by atoms with Gasteiger partial charge in [-0.3, -0.25) is 0 Å². The lowest BCUT2D eigenvalue weighted by atomic mass is 10.1. The Kier molecular flexibility index (Phi) is 4.98. The summed E-state index contributed by atoms with van der Waals surface area (Å²) in [5.74, 6) is 0. The molecule has 130 valence electrons. The van der Waals surface area contributed by atoms with E-state index in [0.29, 0.717) is 25.3 Å². The number of ether oxygens (including phenoxy) is 1. The van der Waals surface area contributed by atoms with Crippen molar-refractivity contribution in [3.05, 3.63) is 47.3 Å². The van der Waals surface area contributed by atoms with Gasteiger partial charge < -0.3 is 4.74 Å². The molecule has 1 aliphatic rings. The Morgan fingerprint density at radius 3 is 2.71 bits per heavy atom. The summed E-state index contributed by atoms with van der Waals surface area (Å²) in [6, 6.07) is 9.39. The molecule has 3 rings (SSSR count). The molecule has 24 heavy (non-hydrogen) atoms. The highest BCUT2D eigenvalue weighted by molar-refractivity contribution is 7.88. The molecule has 2 aromatic rings. The predicted molar refractivity (Wildman–Crippen MR) is 89.8 cm³/mol. The average molecular weight is 350 g/mol. The van der Waals surface area contributed by atoms with Crippen LogP contribution in [0.2, 0.25) is 0 Å². The third kappa shape index (κ3) is 3.50. The topological polar surface area (TPSA) is 77.3 Å². The van der Waals surface area contributed by atoms with Crippen molar-refractivity contribution >= 4 is 10.0 Å². The van der Waals surface area contributed by atoms with E-state index in [1.165, 1.54) is 10.6 Å². The number of sulfonamides is 1. The summed E-state index contributed by atoms with van der Waals surface area (Å²) in [6.07, 6.45) is 1.85. The van der Waals surface area contributed by atoms with Crippen LogP contribution in [0, 0.1) is 0 Å². The van der Waals surface area contributed by atoms with Gasteiger partial charge in [0.25, 0.3) is 0 Å². The van der Waals surface area contributed by atoms with Crippen LogP contribution in [0.15, 0.2) is 30.3 Å². The molecule has 0 radical (unpaired) electrons. The average Bonchev–Trinajstić information content (AvgIpc) is 2.98. The normalized spacial score (nSPS) is 18.5. The van der Waals surface area contributed by atoms with Gasteiger partial charge in [-0.1, -0.05) is 35.5 Å². The van der Waals surface area contributed by atoms with E-state index in [-0.39, 0.29) is 6.61 Å². The Labute approximate surface area is 142 Å². The molecule has 0 amide bonds. The molecule has 1 aromatic carbocycles. The number of benzene rings is 1. The Hall–Kier alpha value is -1.77. The molecule has 1 aliphatic heterocycles. The number of hydrogen-bond donors (Lipinski definition) is 0. The number of nitrogens with zero attached hydrogens (tertiary/aromatic N) is 4. The number of aryl methyl sites for hydroxylation is 1. The molecule has 0 aliphatic carbocycles. The molecule has 0 saturated carbocycles. The second-order valence-electron chi connectivity index (χ2n) is 5.88. The van der Waals surface area contributed by atoms with E-state index in [1.54, 1.807) is 0 Å². The molecule has 8 heteroatoms. The molecule has 1 aromatic heterocycles. The molecule has 0 unspecified atom stereocenters. The van der Waals surface area contributed by atoms with Crippen LogP contribution in [0.5, 0.6) is 0 Å². The van der Waals surface area contributed by atoms with Crippen molar-refractivity contribution in [2.24, 2.45) is 0 Å². The van der Waals surface area contributed by atoms with Crippen LogP contribution in [-0.4, -0.2) is 47.1 Å². The van der Waals surface area contributed by atoms with E-state index in [4.69, 9.17) is 4.74 Å². The fraction of sp³-hybridized carbons (Fsp3) is 0.500. The van der Waals surface area contributed by atoms with E-state index < -0.39 is 16.1 Å². The van der Waals surface area contributed by atoms with Gasteiger partial charge in [0, 0.05) is 19.5 Å². The Bertz CT molecular complexity index is 789. The van der Waals surface area contributed by atoms with Crippen molar-refractivity contribution in [1.29, 1.82) is 0 Å². The minimum atomic E-state index is -3.33. The first-order valence-corrected chi connectivity index (χ1v) is 9.86. The van der Waals surface area contributed by atoms with Gasteiger partial charge in [0.05, 0.1) is 31.2 Å². The largest absolute Gasteiger partial charge is 0.375 e. The Morgan fingerprint density at radius 2 is 2.04 bits per heavy atom. The van der Waals surface area contributed by atoms with Crippen molar-refractivity contribution in [2.75, 3.05) is 19.4 Å². The summed E-state index contributed by atoms with van der Waals surface area (Å²) in [4.78, 5) is 0. The van der Waals surface area contributed by atoms with E-state index in [1.807, 2.05) is 41.9 Å². The number of aromatic nitrogens is 3. The summed E-state index contributed by atoms with van der Waals surface area (Å²) >= 11 is 0. The number of hydrogen-bond acceptors (Lipinski definition) is 5. The maximum atomic E-state index is 12.1. The zero-order valence-corrected chi connectivity index (χ0v) is 14.7. The lowest BCUT2D eigenvalue weighted by Gasteiger charge is -2.32. The molecular formula is C16H22N4O3S. The molecule has 1 atom stereocenters. The minimum absolute atomic E-state index is 0.261. The highest BCUT2D eigenvalue weighted by Crippen LogP contribution is 2.30. The fourth-order valence-electron chi connectivity index (χ4n) is 3.05. The van der Waals surface area contributed by atoms with E-state index in [2.05, 4.69) is 10.3 Å². The highest BCUT2D eigenvalue weighted by Gasteiger charge is 2.36. The predicted octanol–water partition coefficient (Wildman–Crippen LogP) is 1.37. The van der Waals surface area contributed by atoms with Crippen LogP contribution in [0.3, 0.4) is 0 Å². The monoisotopic (exact) mass is 350 g/mol. The first kappa shape index (κ1) is 17.1. The fourth-order valence-corrected chi connectivity index (χ4v) is 4.09. The molecule has 0 spiro atoms. The van der Waals surface area contributed by atoms with Crippen LogP contribution < -0.4 is 0 Å². The van der Waals surface area contributed by atoms with Crippen LogP contribution >= 0.6 is 0 Å². The molecule has 0 bridgehead atoms. The van der Waals surface area contributed by atoms with Gasteiger partial charge >= 0.3 is 0 Å². The second-order valence-corrected chi connectivity index (χ2v) is 7.81. The van der Waals surface area contributed by atoms with Crippen molar-refractivity contribution < 1.29 is 13.2 Å². The third-order valence-corrected chi connectivity index (χ3v) is 5.50. The Balaban J connectivity index is 1.79. The van der Waals surface area contributed by atoms with Gasteiger partial charge in [-0.15, -0.1) is 5.10 Å². The van der Waals surface area contributed by atoms with Gasteiger partial charge in [-0.25, -0.2) is 13.1 Å². The molecule has 0 N–H and O–H groups in total. The Morgan fingerprint density at radius 1 is 1.29 bits per heavy atom. The molecule has 7 nitrogen and oxygen atoms in total. The van der Waals surface area contributed by atoms with E-state index >= 15 is 0 Å². The zero-order valence-electron chi connectivity index (χ0n) is 13.9. The maximum absolute atomic E-state index is 12.1. The highest BCUT2D eigenvalue weighted by atomic mass is 32.2. The van der Waals surface area contributed by atoms with Crippen molar-refractivity contribution in [3.8, 4) is 0 Å². The van der Waals surface area contributed by atoms with Crippen LogP contribution in [0.25, 0.3) is 0 Å². The first-order valence-electron chi connectivity index (χ1n) is 8.01. The number of fused-ring (bicyclic) bond motifs is 1. The van der Waals surface area contributed by atoms with Crippen molar-refractivity contribution in [1.82, 2.24) is 19.3 Å². The van der Waals surface area contributed by atoms with Gasteiger partial charge in [-0.05, 0) is 12.5 Å². The summed E-state index contributed by atoms with van der Waals surface area (Å²) in [7, 11) is -3.33. The van der Waals surface area contributed by atoms with Gasteiger partial charge in [-0.2, -0.15) is 4.31 Å². The van der Waals surface area contributed by atoms with E-state index in [9.17, 15) is 8.42 Å². The SMILES string of the molecule is CCn1nnc2c1CCN(S(C)(=O)=O)[C@H]2COCc1ccccc1. The van der Waals surface area contributed by atoms with Crippen LogP contribution in [-0.2, 0) is 34.3 Å². The summed E-state index contributed by atoms with van der Waals surface area (Å²) in [5.41, 5.74) is 2.77. The quantitative estimate of drug-likeness (QED) is 0.786. The lowest BCUT2D eigenvalue weighted by Crippen LogP contribution is -2.41. The summed E-state index contributed by atoms with van der Waals surface area (Å²) in [6.45, 7) is 3.85. The minimum Gasteiger partial charge on any atom is -0.375 e.